The SMILES string of the molecule is CC1(C)OC2C(CO)OC(OC3C(CO)OCC(O)C3O)C(O)C2O1. The van der Waals surface area contributed by atoms with Crippen LogP contribution in [0.25, 0.3) is 0 Å². The standard InChI is InChI=1S/C15H26O10/c1-15(2)24-12-8(4-17)22-14(10(20)13(12)25-15)23-11-7(3-16)21-5-6(18)9(11)19/h6-14,16-20H,3-5H2,1-2H3. The van der Waals surface area contributed by atoms with Crippen molar-refractivity contribution in [1.29, 1.82) is 0 Å². The Bertz CT molecular complexity index is 458. The van der Waals surface area contributed by atoms with E-state index >= 15 is 0 Å². The van der Waals surface area contributed by atoms with Crippen molar-refractivity contribution in [3.05, 3.63) is 0 Å². The number of fused-ring (bicyclic) bond motifs is 1. The van der Waals surface area contributed by atoms with E-state index in [-0.39, 0.29) is 13.2 Å². The molecule has 0 aromatic rings. The van der Waals surface area contributed by atoms with Gasteiger partial charge in [-0.1, -0.05) is 0 Å². The van der Waals surface area contributed by atoms with Crippen molar-refractivity contribution >= 4 is 0 Å². The zero-order valence-corrected chi connectivity index (χ0v) is 14.1. The maximum Gasteiger partial charge on any atom is 0.187 e. The molecule has 3 rings (SSSR count). The number of rotatable bonds is 4. The predicted octanol–water partition coefficient (Wildman–Crippen LogP) is -2.92. The summed E-state index contributed by atoms with van der Waals surface area (Å²) in [5.41, 5.74) is 0. The average molecular weight is 366 g/mol. The van der Waals surface area contributed by atoms with Gasteiger partial charge in [0.2, 0.25) is 0 Å². The quantitative estimate of drug-likeness (QED) is 0.350. The monoisotopic (exact) mass is 366 g/mol. The van der Waals surface area contributed by atoms with Crippen LogP contribution in [0, 0.1) is 0 Å². The smallest absolute Gasteiger partial charge is 0.187 e. The van der Waals surface area contributed by atoms with E-state index in [4.69, 9.17) is 23.7 Å². The molecule has 0 saturated carbocycles. The highest BCUT2D eigenvalue weighted by Gasteiger charge is 2.56. The fourth-order valence-corrected chi connectivity index (χ4v) is 3.45. The van der Waals surface area contributed by atoms with Crippen molar-refractivity contribution in [3.8, 4) is 0 Å². The lowest BCUT2D eigenvalue weighted by Crippen LogP contribution is -2.62. The Balaban J connectivity index is 1.75. The molecule has 0 aliphatic carbocycles. The second-order valence-corrected chi connectivity index (χ2v) is 6.99. The number of aliphatic hydroxyl groups excluding tert-OH is 5. The number of ether oxygens (including phenoxy) is 5. The maximum atomic E-state index is 10.5. The van der Waals surface area contributed by atoms with Gasteiger partial charge in [0.05, 0.1) is 19.8 Å². The lowest BCUT2D eigenvalue weighted by atomic mass is 9.97. The number of aliphatic hydroxyl groups is 5. The van der Waals surface area contributed by atoms with Crippen LogP contribution in [-0.2, 0) is 23.7 Å². The minimum absolute atomic E-state index is 0.143. The van der Waals surface area contributed by atoms with E-state index in [1.165, 1.54) is 0 Å². The van der Waals surface area contributed by atoms with Gasteiger partial charge < -0.3 is 49.2 Å². The van der Waals surface area contributed by atoms with E-state index in [9.17, 15) is 25.5 Å². The van der Waals surface area contributed by atoms with Crippen molar-refractivity contribution in [2.75, 3.05) is 19.8 Å². The van der Waals surface area contributed by atoms with Gasteiger partial charge in [-0.15, -0.1) is 0 Å². The molecule has 10 heteroatoms. The molecular formula is C15H26O10. The molecule has 25 heavy (non-hydrogen) atoms. The molecule has 3 saturated heterocycles. The number of hydrogen-bond acceptors (Lipinski definition) is 10. The summed E-state index contributed by atoms with van der Waals surface area (Å²) in [6, 6.07) is 0. The van der Waals surface area contributed by atoms with Crippen LogP contribution in [0.4, 0.5) is 0 Å². The fraction of sp³-hybridized carbons (Fsp3) is 1.00. The molecule has 0 aromatic carbocycles. The molecular weight excluding hydrogens is 340 g/mol. The third kappa shape index (κ3) is 3.69. The van der Waals surface area contributed by atoms with Gasteiger partial charge in [0.15, 0.2) is 12.1 Å². The molecule has 3 aliphatic heterocycles. The van der Waals surface area contributed by atoms with E-state index in [1.54, 1.807) is 13.8 Å². The molecule has 9 atom stereocenters. The first-order chi connectivity index (χ1) is 11.8. The summed E-state index contributed by atoms with van der Waals surface area (Å²) in [5.74, 6) is -0.959. The Morgan fingerprint density at radius 2 is 1.60 bits per heavy atom. The van der Waals surface area contributed by atoms with Crippen molar-refractivity contribution in [2.24, 2.45) is 0 Å². The van der Waals surface area contributed by atoms with Crippen LogP contribution in [0.3, 0.4) is 0 Å². The average Bonchev–Trinajstić information content (AvgIpc) is 2.90. The first-order valence-corrected chi connectivity index (χ1v) is 8.31. The minimum Gasteiger partial charge on any atom is -0.394 e. The molecule has 9 unspecified atom stereocenters. The Labute approximate surface area is 144 Å². The summed E-state index contributed by atoms with van der Waals surface area (Å²) < 4.78 is 27.8. The van der Waals surface area contributed by atoms with Gasteiger partial charge in [0.1, 0.15) is 48.8 Å². The van der Waals surface area contributed by atoms with Crippen LogP contribution in [0.1, 0.15) is 13.8 Å². The lowest BCUT2D eigenvalue weighted by Gasteiger charge is -2.44. The van der Waals surface area contributed by atoms with Crippen LogP contribution in [0.5, 0.6) is 0 Å². The third-order valence-corrected chi connectivity index (χ3v) is 4.68. The molecule has 3 heterocycles. The van der Waals surface area contributed by atoms with Crippen molar-refractivity contribution in [2.45, 2.75) is 74.8 Å². The minimum atomic E-state index is -1.33. The van der Waals surface area contributed by atoms with Crippen LogP contribution >= 0.6 is 0 Å². The zero-order chi connectivity index (χ0) is 18.4. The fourth-order valence-electron chi connectivity index (χ4n) is 3.45. The summed E-state index contributed by atoms with van der Waals surface area (Å²) in [6.45, 7) is 2.39. The van der Waals surface area contributed by atoms with Crippen LogP contribution in [0.2, 0.25) is 0 Å². The first kappa shape index (κ1) is 19.4. The highest BCUT2D eigenvalue weighted by Crippen LogP contribution is 2.38. The summed E-state index contributed by atoms with van der Waals surface area (Å²) in [4.78, 5) is 0. The summed E-state index contributed by atoms with van der Waals surface area (Å²) >= 11 is 0. The Hall–Kier alpha value is -0.400. The molecule has 0 bridgehead atoms. The topological polar surface area (TPSA) is 147 Å². The Kier molecular flexibility index (Phi) is 5.66. The van der Waals surface area contributed by atoms with E-state index in [0.29, 0.717) is 0 Å². The van der Waals surface area contributed by atoms with Gasteiger partial charge >= 0.3 is 0 Å². The van der Waals surface area contributed by atoms with E-state index in [1.807, 2.05) is 0 Å². The van der Waals surface area contributed by atoms with Gasteiger partial charge in [-0.05, 0) is 13.8 Å². The van der Waals surface area contributed by atoms with Gasteiger partial charge in [0.25, 0.3) is 0 Å². The summed E-state index contributed by atoms with van der Waals surface area (Å²) in [5, 5.41) is 49.4. The summed E-state index contributed by atoms with van der Waals surface area (Å²) in [6.07, 6.45) is -9.36. The lowest BCUT2D eigenvalue weighted by molar-refractivity contribution is -0.325. The van der Waals surface area contributed by atoms with Crippen LogP contribution < -0.4 is 0 Å². The maximum absolute atomic E-state index is 10.5. The molecule has 0 radical (unpaired) electrons. The van der Waals surface area contributed by atoms with Gasteiger partial charge in [0, 0.05) is 0 Å². The van der Waals surface area contributed by atoms with E-state index in [0.717, 1.165) is 0 Å². The molecule has 0 amide bonds. The highest BCUT2D eigenvalue weighted by atomic mass is 16.8. The van der Waals surface area contributed by atoms with Gasteiger partial charge in [-0.25, -0.2) is 0 Å². The largest absolute Gasteiger partial charge is 0.394 e. The molecule has 146 valence electrons. The van der Waals surface area contributed by atoms with Crippen molar-refractivity contribution in [3.63, 3.8) is 0 Å². The third-order valence-electron chi connectivity index (χ3n) is 4.68. The summed E-state index contributed by atoms with van der Waals surface area (Å²) in [7, 11) is 0. The normalized spacial score (nSPS) is 49.8. The Morgan fingerprint density at radius 1 is 0.960 bits per heavy atom. The van der Waals surface area contributed by atoms with Crippen molar-refractivity contribution in [1.82, 2.24) is 0 Å². The highest BCUT2D eigenvalue weighted by molar-refractivity contribution is 4.97. The van der Waals surface area contributed by atoms with Crippen molar-refractivity contribution < 1.29 is 49.2 Å². The van der Waals surface area contributed by atoms with Crippen LogP contribution in [0.15, 0.2) is 0 Å². The van der Waals surface area contributed by atoms with E-state index in [2.05, 4.69) is 0 Å². The number of hydrogen-bond donors (Lipinski definition) is 5. The second-order valence-electron chi connectivity index (χ2n) is 6.99. The first-order valence-electron chi connectivity index (χ1n) is 8.31. The molecule has 0 spiro atoms. The van der Waals surface area contributed by atoms with Crippen LogP contribution in [-0.4, -0.2) is 106 Å². The molecule has 10 nitrogen and oxygen atoms in total. The van der Waals surface area contributed by atoms with Gasteiger partial charge in [-0.3, -0.25) is 0 Å². The van der Waals surface area contributed by atoms with Gasteiger partial charge in [-0.2, -0.15) is 0 Å². The molecule has 3 fully saturated rings. The zero-order valence-electron chi connectivity index (χ0n) is 14.1. The Morgan fingerprint density at radius 3 is 2.24 bits per heavy atom. The molecule has 3 aliphatic rings. The van der Waals surface area contributed by atoms with E-state index < -0.39 is 67.5 Å². The predicted molar refractivity (Wildman–Crippen MR) is 79.3 cm³/mol. The molecule has 5 N–H and O–H groups in total. The molecule has 0 aromatic heterocycles. The second kappa shape index (κ2) is 7.31.